The molecule has 0 bridgehead atoms. The molecule has 1 amide bonds. The van der Waals surface area contributed by atoms with E-state index in [2.05, 4.69) is 27.9 Å². The Bertz CT molecular complexity index is 741. The molecule has 0 saturated carbocycles. The molecule has 0 radical (unpaired) electrons. The maximum atomic E-state index is 12.0. The molecule has 118 valence electrons. The zero-order valence-electron chi connectivity index (χ0n) is 12.3. The van der Waals surface area contributed by atoms with Crippen molar-refractivity contribution in [1.29, 1.82) is 0 Å². The first-order valence-electron chi connectivity index (χ1n) is 6.77. The van der Waals surface area contributed by atoms with Crippen molar-refractivity contribution in [3.63, 3.8) is 0 Å². The lowest BCUT2D eigenvalue weighted by molar-refractivity contribution is -0.134. The van der Waals surface area contributed by atoms with E-state index in [0.717, 1.165) is 3.57 Å². The van der Waals surface area contributed by atoms with E-state index < -0.39 is 23.9 Å². The third kappa shape index (κ3) is 4.62. The van der Waals surface area contributed by atoms with Gasteiger partial charge in [-0.05, 0) is 59.0 Å². The average Bonchev–Trinajstić information content (AvgIpc) is 2.56. The lowest BCUT2D eigenvalue weighted by Gasteiger charge is -2.06. The summed E-state index contributed by atoms with van der Waals surface area (Å²) in [4.78, 5) is 35.8. The predicted octanol–water partition coefficient (Wildman–Crippen LogP) is 3.08. The SMILES string of the molecule is COc1ccc(C(=O)CC(=O)C(=O)Nc2ccccc2I)cc1. The summed E-state index contributed by atoms with van der Waals surface area (Å²) < 4.78 is 5.82. The van der Waals surface area contributed by atoms with Crippen molar-refractivity contribution in [1.82, 2.24) is 0 Å². The Labute approximate surface area is 147 Å². The Hall–Kier alpha value is -2.22. The number of ether oxygens (including phenoxy) is 1. The van der Waals surface area contributed by atoms with Crippen LogP contribution < -0.4 is 10.1 Å². The second-order valence-electron chi connectivity index (χ2n) is 4.69. The van der Waals surface area contributed by atoms with Crippen molar-refractivity contribution >= 4 is 45.8 Å². The molecule has 0 spiro atoms. The van der Waals surface area contributed by atoms with Crippen LogP contribution in [-0.2, 0) is 9.59 Å². The van der Waals surface area contributed by atoms with Gasteiger partial charge in [0.2, 0.25) is 5.78 Å². The maximum Gasteiger partial charge on any atom is 0.292 e. The minimum absolute atomic E-state index is 0.362. The number of halogens is 1. The molecule has 0 aliphatic rings. The molecule has 0 heterocycles. The summed E-state index contributed by atoms with van der Waals surface area (Å²) in [7, 11) is 1.52. The lowest BCUT2D eigenvalue weighted by Crippen LogP contribution is -2.25. The molecule has 0 atom stereocenters. The molecule has 5 nitrogen and oxygen atoms in total. The zero-order chi connectivity index (χ0) is 16.8. The summed E-state index contributed by atoms with van der Waals surface area (Å²) in [6.45, 7) is 0. The number of para-hydroxylation sites is 1. The monoisotopic (exact) mass is 423 g/mol. The smallest absolute Gasteiger partial charge is 0.292 e. The van der Waals surface area contributed by atoms with E-state index in [0.29, 0.717) is 17.0 Å². The van der Waals surface area contributed by atoms with Crippen LogP contribution in [-0.4, -0.2) is 24.6 Å². The number of nitrogens with one attached hydrogen (secondary N) is 1. The van der Waals surface area contributed by atoms with Gasteiger partial charge in [0.05, 0.1) is 19.2 Å². The van der Waals surface area contributed by atoms with Crippen molar-refractivity contribution in [2.45, 2.75) is 6.42 Å². The summed E-state index contributed by atoms with van der Waals surface area (Å²) in [5.41, 5.74) is 0.907. The fraction of sp³-hybridized carbons (Fsp3) is 0.118. The van der Waals surface area contributed by atoms with Crippen LogP contribution in [0.25, 0.3) is 0 Å². The first kappa shape index (κ1) is 17.1. The van der Waals surface area contributed by atoms with Crippen molar-refractivity contribution in [2.75, 3.05) is 12.4 Å². The van der Waals surface area contributed by atoms with Crippen LogP contribution in [0.5, 0.6) is 5.75 Å². The lowest BCUT2D eigenvalue weighted by atomic mass is 10.1. The van der Waals surface area contributed by atoms with Crippen LogP contribution in [0.15, 0.2) is 48.5 Å². The second-order valence-corrected chi connectivity index (χ2v) is 5.85. The maximum absolute atomic E-state index is 12.0. The first-order valence-corrected chi connectivity index (χ1v) is 7.85. The number of hydrogen-bond donors (Lipinski definition) is 1. The van der Waals surface area contributed by atoms with Crippen molar-refractivity contribution in [3.8, 4) is 5.75 Å². The number of anilines is 1. The second kappa shape index (κ2) is 7.87. The van der Waals surface area contributed by atoms with Gasteiger partial charge in [0.15, 0.2) is 5.78 Å². The number of carbonyl (C=O) groups is 3. The molecule has 1 N–H and O–H groups in total. The Balaban J connectivity index is 1.98. The summed E-state index contributed by atoms with van der Waals surface area (Å²) in [6, 6.07) is 13.5. The Kier molecular flexibility index (Phi) is 5.86. The fourth-order valence-corrected chi connectivity index (χ4v) is 2.38. The van der Waals surface area contributed by atoms with Crippen LogP contribution in [0.3, 0.4) is 0 Å². The van der Waals surface area contributed by atoms with E-state index in [4.69, 9.17) is 4.74 Å². The zero-order valence-corrected chi connectivity index (χ0v) is 14.5. The minimum atomic E-state index is -0.795. The van der Waals surface area contributed by atoms with Gasteiger partial charge in [0.25, 0.3) is 5.91 Å². The predicted molar refractivity (Wildman–Crippen MR) is 94.7 cm³/mol. The van der Waals surface area contributed by atoms with Gasteiger partial charge in [0, 0.05) is 9.13 Å². The molecule has 6 heteroatoms. The van der Waals surface area contributed by atoms with Crippen LogP contribution in [0.2, 0.25) is 0 Å². The van der Waals surface area contributed by atoms with Gasteiger partial charge in [-0.3, -0.25) is 14.4 Å². The molecule has 2 rings (SSSR count). The van der Waals surface area contributed by atoms with Gasteiger partial charge < -0.3 is 10.1 Å². The molecule has 23 heavy (non-hydrogen) atoms. The number of amides is 1. The molecule has 2 aromatic carbocycles. The van der Waals surface area contributed by atoms with E-state index in [9.17, 15) is 14.4 Å². The molecule has 0 unspecified atom stereocenters. The third-order valence-corrected chi connectivity index (χ3v) is 4.05. The Morgan fingerprint density at radius 3 is 2.30 bits per heavy atom. The summed E-state index contributed by atoms with van der Waals surface area (Å²) in [5, 5.41) is 2.52. The van der Waals surface area contributed by atoms with Crippen molar-refractivity contribution in [2.24, 2.45) is 0 Å². The van der Waals surface area contributed by atoms with E-state index in [1.807, 2.05) is 12.1 Å². The number of carbonyl (C=O) groups excluding carboxylic acids is 3. The summed E-state index contributed by atoms with van der Waals surface area (Å²) in [6.07, 6.45) is -0.471. The minimum Gasteiger partial charge on any atom is -0.497 e. The van der Waals surface area contributed by atoms with E-state index in [-0.39, 0.29) is 0 Å². The van der Waals surface area contributed by atoms with E-state index in [1.54, 1.807) is 36.4 Å². The van der Waals surface area contributed by atoms with E-state index >= 15 is 0 Å². The third-order valence-electron chi connectivity index (χ3n) is 3.11. The van der Waals surface area contributed by atoms with Gasteiger partial charge in [-0.2, -0.15) is 0 Å². The Morgan fingerprint density at radius 1 is 1.04 bits per heavy atom. The molecule has 0 saturated heterocycles. The molecule has 0 fully saturated rings. The van der Waals surface area contributed by atoms with Crippen LogP contribution >= 0.6 is 22.6 Å². The highest BCUT2D eigenvalue weighted by molar-refractivity contribution is 14.1. The highest BCUT2D eigenvalue weighted by atomic mass is 127. The highest BCUT2D eigenvalue weighted by Crippen LogP contribution is 2.17. The van der Waals surface area contributed by atoms with Gasteiger partial charge in [-0.15, -0.1) is 0 Å². The molecular formula is C17H14INO4. The summed E-state index contributed by atoms with van der Waals surface area (Å²) >= 11 is 2.05. The fourth-order valence-electron chi connectivity index (χ4n) is 1.86. The van der Waals surface area contributed by atoms with Crippen LogP contribution in [0.1, 0.15) is 16.8 Å². The number of hydrogen-bond acceptors (Lipinski definition) is 4. The van der Waals surface area contributed by atoms with Crippen molar-refractivity contribution in [3.05, 3.63) is 57.7 Å². The van der Waals surface area contributed by atoms with E-state index in [1.165, 1.54) is 7.11 Å². The van der Waals surface area contributed by atoms with Gasteiger partial charge in [0.1, 0.15) is 5.75 Å². The molecule has 2 aromatic rings. The number of benzene rings is 2. The standard InChI is InChI=1S/C17H14INO4/c1-23-12-8-6-11(7-9-12)15(20)10-16(21)17(22)19-14-5-3-2-4-13(14)18/h2-9H,10H2,1H3,(H,19,22). The van der Waals surface area contributed by atoms with Crippen LogP contribution in [0, 0.1) is 3.57 Å². The van der Waals surface area contributed by atoms with Crippen molar-refractivity contribution < 1.29 is 19.1 Å². The molecular weight excluding hydrogens is 409 g/mol. The largest absolute Gasteiger partial charge is 0.497 e. The molecule has 0 aromatic heterocycles. The quantitative estimate of drug-likeness (QED) is 0.336. The van der Waals surface area contributed by atoms with Crippen LogP contribution in [0.4, 0.5) is 5.69 Å². The Morgan fingerprint density at radius 2 is 1.70 bits per heavy atom. The van der Waals surface area contributed by atoms with Gasteiger partial charge >= 0.3 is 0 Å². The number of ketones is 2. The average molecular weight is 423 g/mol. The number of rotatable bonds is 6. The van der Waals surface area contributed by atoms with Gasteiger partial charge in [-0.1, -0.05) is 12.1 Å². The normalized spacial score (nSPS) is 10.0. The highest BCUT2D eigenvalue weighted by Gasteiger charge is 2.19. The summed E-state index contributed by atoms with van der Waals surface area (Å²) in [5.74, 6) is -1.36. The topological polar surface area (TPSA) is 72.5 Å². The molecule has 0 aliphatic carbocycles. The molecule has 0 aliphatic heterocycles. The van der Waals surface area contributed by atoms with Gasteiger partial charge in [-0.25, -0.2) is 0 Å². The first-order chi connectivity index (χ1) is 11.0. The number of Topliss-reactive ketones (excluding diaryl/α,β-unsaturated/α-hetero) is 2. The number of methoxy groups -OCH3 is 1.